The first-order valence-electron chi connectivity index (χ1n) is 7.38. The molecule has 2 aliphatic rings. The van der Waals surface area contributed by atoms with Crippen molar-refractivity contribution in [3.8, 4) is 11.5 Å². The van der Waals surface area contributed by atoms with Gasteiger partial charge in [0.25, 0.3) is 0 Å². The van der Waals surface area contributed by atoms with Crippen molar-refractivity contribution < 1.29 is 19.4 Å². The fraction of sp³-hybridized carbons (Fsp3) is 0.562. The molecule has 1 fully saturated rings. The molecule has 0 saturated carbocycles. The summed E-state index contributed by atoms with van der Waals surface area (Å²) in [5.74, 6) is 0.833. The minimum absolute atomic E-state index is 0.0276. The molecule has 1 N–H and O–H groups in total. The number of halogens is 1. The predicted molar refractivity (Wildman–Crippen MR) is 82.4 cm³/mol. The van der Waals surface area contributed by atoms with E-state index in [-0.39, 0.29) is 24.5 Å². The molecular formula is C16H20ClNO4. The second-order valence-electron chi connectivity index (χ2n) is 6.71. The summed E-state index contributed by atoms with van der Waals surface area (Å²) >= 11 is 6.32. The maximum Gasteiger partial charge on any atom is 0.303 e. The Hall–Kier alpha value is -1.46. The molecule has 1 atom stereocenters. The molecule has 1 saturated heterocycles. The third kappa shape index (κ3) is 2.88. The highest BCUT2D eigenvalue weighted by atomic mass is 35.5. The molecule has 0 bridgehead atoms. The molecule has 22 heavy (non-hydrogen) atoms. The van der Waals surface area contributed by atoms with E-state index in [1.807, 2.05) is 12.1 Å². The van der Waals surface area contributed by atoms with Crippen molar-refractivity contribution in [1.82, 2.24) is 4.90 Å². The van der Waals surface area contributed by atoms with E-state index in [0.29, 0.717) is 17.3 Å². The summed E-state index contributed by atoms with van der Waals surface area (Å²) in [5, 5.41) is 9.73. The Bertz CT molecular complexity index is 602. The van der Waals surface area contributed by atoms with Crippen LogP contribution in [-0.2, 0) is 11.3 Å². The number of hydrogen-bond donors (Lipinski definition) is 1. The first-order valence-corrected chi connectivity index (χ1v) is 7.76. The van der Waals surface area contributed by atoms with Crippen LogP contribution < -0.4 is 9.47 Å². The van der Waals surface area contributed by atoms with E-state index in [1.54, 1.807) is 0 Å². The summed E-state index contributed by atoms with van der Waals surface area (Å²) in [5.41, 5.74) is 0.892. The number of ether oxygens (including phenoxy) is 2. The van der Waals surface area contributed by atoms with E-state index in [1.165, 1.54) is 0 Å². The molecule has 2 aliphatic heterocycles. The molecule has 120 valence electrons. The van der Waals surface area contributed by atoms with Crippen LogP contribution in [0.2, 0.25) is 5.02 Å². The van der Waals surface area contributed by atoms with Gasteiger partial charge in [-0.25, -0.2) is 0 Å². The minimum atomic E-state index is -0.740. The largest absolute Gasteiger partial charge is 0.481 e. The summed E-state index contributed by atoms with van der Waals surface area (Å²) in [6, 6.07) is 3.63. The van der Waals surface area contributed by atoms with Crippen molar-refractivity contribution in [3.05, 3.63) is 22.7 Å². The number of likely N-dealkylation sites (tertiary alicyclic amines) is 1. The van der Waals surface area contributed by atoms with Crippen LogP contribution in [0.5, 0.6) is 11.5 Å². The number of carboxylic acids is 1. The highest BCUT2D eigenvalue weighted by Gasteiger charge is 2.40. The van der Waals surface area contributed by atoms with E-state index in [2.05, 4.69) is 18.7 Å². The van der Waals surface area contributed by atoms with Crippen molar-refractivity contribution in [1.29, 1.82) is 0 Å². The van der Waals surface area contributed by atoms with Crippen LogP contribution in [-0.4, -0.2) is 35.9 Å². The molecule has 0 aliphatic carbocycles. The van der Waals surface area contributed by atoms with Crippen LogP contribution in [0.4, 0.5) is 0 Å². The Morgan fingerprint density at radius 3 is 2.95 bits per heavy atom. The number of fused-ring (bicyclic) bond motifs is 1. The van der Waals surface area contributed by atoms with Gasteiger partial charge in [0.05, 0.1) is 0 Å². The second-order valence-corrected chi connectivity index (χ2v) is 7.12. The number of carbonyl (C=O) groups is 1. The van der Waals surface area contributed by atoms with Crippen molar-refractivity contribution in [3.63, 3.8) is 0 Å². The Kier molecular flexibility index (Phi) is 3.95. The molecule has 1 aromatic rings. The van der Waals surface area contributed by atoms with Gasteiger partial charge >= 0.3 is 5.97 Å². The molecule has 5 nitrogen and oxygen atoms in total. The van der Waals surface area contributed by atoms with Gasteiger partial charge in [0.15, 0.2) is 11.5 Å². The van der Waals surface area contributed by atoms with Crippen LogP contribution in [0.15, 0.2) is 12.1 Å². The van der Waals surface area contributed by atoms with Crippen LogP contribution in [0, 0.1) is 11.3 Å². The van der Waals surface area contributed by atoms with Crippen LogP contribution >= 0.6 is 11.6 Å². The highest BCUT2D eigenvalue weighted by Crippen LogP contribution is 2.43. The lowest BCUT2D eigenvalue weighted by atomic mass is 9.80. The Morgan fingerprint density at radius 1 is 1.45 bits per heavy atom. The van der Waals surface area contributed by atoms with Gasteiger partial charge in [-0.1, -0.05) is 25.4 Å². The number of carboxylic acid groups (broad SMARTS) is 1. The standard InChI is InChI=1S/C16H20ClNO4/c1-16(2)8-18(6-10(16)5-14(19)20)7-11-12(17)3-4-13-15(11)22-9-21-13/h3-4,10H,5-9H2,1-2H3,(H,19,20). The Morgan fingerprint density at radius 2 is 2.23 bits per heavy atom. The summed E-state index contributed by atoms with van der Waals surface area (Å²) < 4.78 is 10.9. The van der Waals surface area contributed by atoms with Gasteiger partial charge in [-0.2, -0.15) is 0 Å². The third-order valence-corrected chi connectivity index (χ3v) is 4.96. The van der Waals surface area contributed by atoms with Gasteiger partial charge in [-0.15, -0.1) is 0 Å². The van der Waals surface area contributed by atoms with Gasteiger partial charge in [-0.05, 0) is 23.5 Å². The first kappa shape index (κ1) is 15.4. The molecule has 6 heteroatoms. The molecule has 2 heterocycles. The average molecular weight is 326 g/mol. The van der Waals surface area contributed by atoms with E-state index in [9.17, 15) is 4.79 Å². The van der Waals surface area contributed by atoms with E-state index >= 15 is 0 Å². The first-order chi connectivity index (χ1) is 10.4. The molecule has 1 aromatic carbocycles. The molecule has 0 aromatic heterocycles. The van der Waals surface area contributed by atoms with E-state index in [0.717, 1.165) is 24.4 Å². The smallest absolute Gasteiger partial charge is 0.303 e. The lowest BCUT2D eigenvalue weighted by molar-refractivity contribution is -0.138. The average Bonchev–Trinajstić information content (AvgIpc) is 2.98. The fourth-order valence-electron chi connectivity index (χ4n) is 3.38. The molecule has 3 rings (SSSR count). The summed E-state index contributed by atoms with van der Waals surface area (Å²) in [4.78, 5) is 13.3. The van der Waals surface area contributed by atoms with Crippen LogP contribution in [0.1, 0.15) is 25.8 Å². The number of rotatable bonds is 4. The molecular weight excluding hydrogens is 306 g/mol. The second kappa shape index (κ2) is 5.63. The Balaban J connectivity index is 1.78. The summed E-state index contributed by atoms with van der Waals surface area (Å²) in [6.45, 7) is 6.70. The van der Waals surface area contributed by atoms with E-state index in [4.69, 9.17) is 26.2 Å². The predicted octanol–water partition coefficient (Wildman–Crippen LogP) is 3.00. The molecule has 1 unspecified atom stereocenters. The van der Waals surface area contributed by atoms with Gasteiger partial charge in [0, 0.05) is 36.6 Å². The summed E-state index contributed by atoms with van der Waals surface area (Å²) in [6.07, 6.45) is 0.198. The zero-order valence-corrected chi connectivity index (χ0v) is 13.5. The van der Waals surface area contributed by atoms with Gasteiger partial charge in [0.2, 0.25) is 6.79 Å². The number of benzene rings is 1. The number of nitrogens with zero attached hydrogens (tertiary/aromatic N) is 1. The lowest BCUT2D eigenvalue weighted by Crippen LogP contribution is -2.24. The molecule has 0 spiro atoms. The number of aliphatic carboxylic acids is 1. The SMILES string of the molecule is CC1(C)CN(Cc2c(Cl)ccc3c2OCO3)CC1CC(=O)O. The lowest BCUT2D eigenvalue weighted by Gasteiger charge is -2.24. The topological polar surface area (TPSA) is 59.0 Å². The van der Waals surface area contributed by atoms with Gasteiger partial charge in [0.1, 0.15) is 0 Å². The van der Waals surface area contributed by atoms with Crippen LogP contribution in [0.25, 0.3) is 0 Å². The minimum Gasteiger partial charge on any atom is -0.481 e. The normalized spacial score (nSPS) is 23.0. The maximum atomic E-state index is 11.0. The van der Waals surface area contributed by atoms with Crippen LogP contribution in [0.3, 0.4) is 0 Å². The molecule has 0 radical (unpaired) electrons. The summed E-state index contributed by atoms with van der Waals surface area (Å²) in [7, 11) is 0. The van der Waals surface area contributed by atoms with Crippen molar-refractivity contribution >= 4 is 17.6 Å². The maximum absolute atomic E-state index is 11.0. The Labute approximate surface area is 134 Å². The highest BCUT2D eigenvalue weighted by molar-refractivity contribution is 6.31. The zero-order chi connectivity index (χ0) is 15.9. The van der Waals surface area contributed by atoms with Gasteiger partial charge < -0.3 is 14.6 Å². The van der Waals surface area contributed by atoms with Crippen molar-refractivity contribution in [2.24, 2.45) is 11.3 Å². The third-order valence-electron chi connectivity index (χ3n) is 4.60. The monoisotopic (exact) mass is 325 g/mol. The van der Waals surface area contributed by atoms with E-state index < -0.39 is 5.97 Å². The molecule has 0 amide bonds. The van der Waals surface area contributed by atoms with Gasteiger partial charge in [-0.3, -0.25) is 9.69 Å². The number of hydrogen-bond acceptors (Lipinski definition) is 4. The zero-order valence-electron chi connectivity index (χ0n) is 12.8. The fourth-order valence-corrected chi connectivity index (χ4v) is 3.59. The van der Waals surface area contributed by atoms with Crippen molar-refractivity contribution in [2.75, 3.05) is 19.9 Å². The quantitative estimate of drug-likeness (QED) is 0.922. The van der Waals surface area contributed by atoms with Crippen molar-refractivity contribution in [2.45, 2.75) is 26.8 Å².